The Balaban J connectivity index is 2.80. The van der Waals surface area contributed by atoms with Crippen LogP contribution in [-0.2, 0) is 9.59 Å². The zero-order chi connectivity index (χ0) is 14.4. The molecule has 100 valence electrons. The van der Waals surface area contributed by atoms with Crippen molar-refractivity contribution in [3.63, 3.8) is 0 Å². The van der Waals surface area contributed by atoms with E-state index in [2.05, 4.69) is 16.7 Å². The number of nitrogens with zero attached hydrogens (tertiary/aromatic N) is 1. The van der Waals surface area contributed by atoms with Crippen LogP contribution >= 0.6 is 0 Å². The van der Waals surface area contributed by atoms with Crippen LogP contribution in [0.2, 0.25) is 0 Å². The zero-order valence-electron chi connectivity index (χ0n) is 10.7. The zero-order valence-corrected chi connectivity index (χ0v) is 10.7. The monoisotopic (exact) mass is 261 g/mol. The first kappa shape index (κ1) is 14.5. The Morgan fingerprint density at radius 1 is 1.47 bits per heavy atom. The van der Waals surface area contributed by atoms with E-state index in [0.29, 0.717) is 11.3 Å². The number of carboxylic acid groups (broad SMARTS) is 1. The maximum atomic E-state index is 11.0. The normalized spacial score (nSPS) is 11.2. The highest BCUT2D eigenvalue weighted by Gasteiger charge is 2.18. The summed E-state index contributed by atoms with van der Waals surface area (Å²) in [6, 6.07) is 6.28. The quantitative estimate of drug-likeness (QED) is 0.729. The molecule has 0 fully saturated rings. The summed E-state index contributed by atoms with van der Waals surface area (Å²) in [5.74, 6) is -1.55. The number of carbonyl (C=O) groups is 2. The standard InChI is InChI=1S/C13H15N3O3/c1-8-4-3-5-11(10(8)6-14)15-7-12(13(18)19)16-9(2)17/h3-5,12,15H,7H2,1-2H3,(H,16,17)(H,18,19). The molecule has 6 heteroatoms. The molecular formula is C13H15N3O3. The number of nitriles is 1. The fraction of sp³-hybridized carbons (Fsp3) is 0.308. The van der Waals surface area contributed by atoms with Gasteiger partial charge in [-0.1, -0.05) is 12.1 Å². The van der Waals surface area contributed by atoms with Gasteiger partial charge in [-0.25, -0.2) is 4.79 Å². The summed E-state index contributed by atoms with van der Waals surface area (Å²) >= 11 is 0. The van der Waals surface area contributed by atoms with E-state index >= 15 is 0 Å². The molecule has 1 amide bonds. The van der Waals surface area contributed by atoms with E-state index in [1.54, 1.807) is 25.1 Å². The van der Waals surface area contributed by atoms with Gasteiger partial charge in [-0.2, -0.15) is 5.26 Å². The SMILES string of the molecule is CC(=O)NC(CNc1cccc(C)c1C#N)C(=O)O. The van der Waals surface area contributed by atoms with Crippen LogP contribution in [0.1, 0.15) is 18.1 Å². The van der Waals surface area contributed by atoms with Gasteiger partial charge in [0.2, 0.25) is 5.91 Å². The van der Waals surface area contributed by atoms with Crippen LogP contribution < -0.4 is 10.6 Å². The Morgan fingerprint density at radius 2 is 2.16 bits per heavy atom. The molecule has 0 bridgehead atoms. The smallest absolute Gasteiger partial charge is 0.328 e. The molecule has 0 saturated carbocycles. The lowest BCUT2D eigenvalue weighted by Gasteiger charge is -2.16. The summed E-state index contributed by atoms with van der Waals surface area (Å²) in [5.41, 5.74) is 1.83. The topological polar surface area (TPSA) is 102 Å². The van der Waals surface area contributed by atoms with E-state index in [9.17, 15) is 9.59 Å². The Bertz CT molecular complexity index is 534. The molecule has 6 nitrogen and oxygen atoms in total. The number of aliphatic carboxylic acids is 1. The number of rotatable bonds is 5. The number of hydrogen-bond acceptors (Lipinski definition) is 4. The van der Waals surface area contributed by atoms with Gasteiger partial charge >= 0.3 is 5.97 Å². The molecule has 1 atom stereocenters. The van der Waals surface area contributed by atoms with Gasteiger partial charge in [-0.05, 0) is 18.6 Å². The van der Waals surface area contributed by atoms with Gasteiger partial charge in [0.15, 0.2) is 0 Å². The second-order valence-electron chi connectivity index (χ2n) is 4.08. The minimum atomic E-state index is -1.13. The Labute approximate surface area is 111 Å². The third-order valence-corrected chi connectivity index (χ3v) is 2.56. The van der Waals surface area contributed by atoms with Gasteiger partial charge in [-0.3, -0.25) is 4.79 Å². The molecule has 0 aliphatic rings. The van der Waals surface area contributed by atoms with Crippen molar-refractivity contribution >= 4 is 17.6 Å². The highest BCUT2D eigenvalue weighted by atomic mass is 16.4. The van der Waals surface area contributed by atoms with Crippen molar-refractivity contribution in [2.45, 2.75) is 19.9 Å². The summed E-state index contributed by atoms with van der Waals surface area (Å²) in [6.07, 6.45) is 0. The molecule has 0 heterocycles. The molecule has 0 aliphatic carbocycles. The van der Waals surface area contributed by atoms with E-state index in [0.717, 1.165) is 5.56 Å². The molecule has 0 saturated heterocycles. The van der Waals surface area contributed by atoms with Crippen LogP contribution in [0, 0.1) is 18.3 Å². The van der Waals surface area contributed by atoms with Gasteiger partial charge < -0.3 is 15.7 Å². The van der Waals surface area contributed by atoms with Gasteiger partial charge in [0.05, 0.1) is 11.3 Å². The predicted octanol–water partition coefficient (Wildman–Crippen LogP) is 0.868. The number of hydrogen-bond donors (Lipinski definition) is 3. The van der Waals surface area contributed by atoms with Crippen molar-refractivity contribution < 1.29 is 14.7 Å². The molecule has 0 spiro atoms. The molecule has 0 radical (unpaired) electrons. The fourth-order valence-electron chi connectivity index (χ4n) is 1.62. The van der Waals surface area contributed by atoms with Crippen LogP contribution in [0.3, 0.4) is 0 Å². The number of carbonyl (C=O) groups excluding carboxylic acids is 1. The molecule has 0 aromatic heterocycles. The largest absolute Gasteiger partial charge is 0.480 e. The second-order valence-corrected chi connectivity index (χ2v) is 4.08. The molecule has 1 aromatic carbocycles. The minimum absolute atomic E-state index is 0.00699. The summed E-state index contributed by atoms with van der Waals surface area (Å²) < 4.78 is 0. The number of nitrogens with one attached hydrogen (secondary N) is 2. The molecule has 1 unspecified atom stereocenters. The number of carboxylic acids is 1. The molecular weight excluding hydrogens is 246 g/mol. The van der Waals surface area contributed by atoms with E-state index in [-0.39, 0.29) is 6.54 Å². The van der Waals surface area contributed by atoms with Crippen LogP contribution in [0.15, 0.2) is 18.2 Å². The molecule has 19 heavy (non-hydrogen) atoms. The van der Waals surface area contributed by atoms with E-state index in [4.69, 9.17) is 10.4 Å². The average Bonchev–Trinajstić information content (AvgIpc) is 2.33. The van der Waals surface area contributed by atoms with Crippen LogP contribution in [0.25, 0.3) is 0 Å². The van der Waals surface area contributed by atoms with E-state index in [1.807, 2.05) is 0 Å². The lowest BCUT2D eigenvalue weighted by atomic mass is 10.1. The van der Waals surface area contributed by atoms with Gasteiger partial charge in [0.25, 0.3) is 0 Å². The van der Waals surface area contributed by atoms with Crippen molar-refractivity contribution in [2.75, 3.05) is 11.9 Å². The first-order chi connectivity index (χ1) is 8.95. The van der Waals surface area contributed by atoms with Crippen molar-refractivity contribution in [2.24, 2.45) is 0 Å². The molecule has 3 N–H and O–H groups in total. The lowest BCUT2D eigenvalue weighted by molar-refractivity contribution is -0.141. The van der Waals surface area contributed by atoms with Crippen molar-refractivity contribution in [1.82, 2.24) is 5.32 Å². The van der Waals surface area contributed by atoms with Crippen molar-refractivity contribution in [1.29, 1.82) is 5.26 Å². The van der Waals surface area contributed by atoms with E-state index < -0.39 is 17.9 Å². The maximum absolute atomic E-state index is 11.0. The van der Waals surface area contributed by atoms with E-state index in [1.165, 1.54) is 6.92 Å². The molecule has 0 aliphatic heterocycles. The number of anilines is 1. The summed E-state index contributed by atoms with van der Waals surface area (Å²) in [5, 5.41) is 23.2. The highest BCUT2D eigenvalue weighted by molar-refractivity contribution is 5.82. The maximum Gasteiger partial charge on any atom is 0.328 e. The Morgan fingerprint density at radius 3 is 2.68 bits per heavy atom. The van der Waals surface area contributed by atoms with Gasteiger partial charge in [0.1, 0.15) is 12.1 Å². The first-order valence-electron chi connectivity index (χ1n) is 5.69. The summed E-state index contributed by atoms with van der Waals surface area (Å²) in [7, 11) is 0. The van der Waals surface area contributed by atoms with Crippen LogP contribution in [0.4, 0.5) is 5.69 Å². The second kappa shape index (κ2) is 6.40. The first-order valence-corrected chi connectivity index (χ1v) is 5.69. The van der Waals surface area contributed by atoms with Crippen LogP contribution in [0.5, 0.6) is 0 Å². The molecule has 1 rings (SSSR count). The van der Waals surface area contributed by atoms with Crippen LogP contribution in [-0.4, -0.2) is 29.6 Å². The Hall–Kier alpha value is -2.55. The fourth-order valence-corrected chi connectivity index (χ4v) is 1.62. The van der Waals surface area contributed by atoms with Gasteiger partial charge in [0, 0.05) is 13.5 Å². The minimum Gasteiger partial charge on any atom is -0.480 e. The third kappa shape index (κ3) is 4.00. The third-order valence-electron chi connectivity index (χ3n) is 2.56. The summed E-state index contributed by atoms with van der Waals surface area (Å²) in [6.45, 7) is 3.06. The van der Waals surface area contributed by atoms with Crippen molar-refractivity contribution in [3.8, 4) is 6.07 Å². The predicted molar refractivity (Wildman–Crippen MR) is 69.6 cm³/mol. The summed E-state index contributed by atoms with van der Waals surface area (Å²) in [4.78, 5) is 21.9. The highest BCUT2D eigenvalue weighted by Crippen LogP contribution is 2.18. The molecule has 1 aromatic rings. The number of aryl methyl sites for hydroxylation is 1. The number of amides is 1. The van der Waals surface area contributed by atoms with Crippen molar-refractivity contribution in [3.05, 3.63) is 29.3 Å². The lowest BCUT2D eigenvalue weighted by Crippen LogP contribution is -2.44. The van der Waals surface area contributed by atoms with Gasteiger partial charge in [-0.15, -0.1) is 0 Å². The Kier molecular flexibility index (Phi) is 4.89. The average molecular weight is 261 g/mol. The number of benzene rings is 1.